The Balaban J connectivity index is 1.75. The number of ketones is 1. The monoisotopic (exact) mass is 335 g/mol. The maximum atomic E-state index is 12.4. The number of hydrogen-bond donors (Lipinski definition) is 3. The maximum Gasteiger partial charge on any atom is 0.294 e. The van der Waals surface area contributed by atoms with Crippen LogP contribution in [0.1, 0.15) is 36.7 Å². The second-order valence-corrected chi connectivity index (χ2v) is 7.14. The number of nitrogens with one attached hydrogen (secondary N) is 2. The highest BCUT2D eigenvalue weighted by Gasteiger charge is 2.49. The first-order valence-electron chi connectivity index (χ1n) is 8.36. The molecule has 0 unspecified atom stereocenters. The molecule has 2 aliphatic rings. The topological polar surface area (TPSA) is 92.6 Å². The number of ether oxygens (including phenoxy) is 1. The van der Waals surface area contributed by atoms with Crippen LogP contribution in [0.3, 0.4) is 0 Å². The predicted octanol–water partition coefficient (Wildman–Crippen LogP) is -0.0139. The van der Waals surface area contributed by atoms with Crippen molar-refractivity contribution in [2.75, 3.05) is 19.7 Å². The van der Waals surface area contributed by atoms with E-state index in [4.69, 9.17) is 4.74 Å². The molecule has 1 aromatic rings. The van der Waals surface area contributed by atoms with Crippen LogP contribution in [-0.2, 0) is 16.6 Å². The lowest BCUT2D eigenvalue weighted by Gasteiger charge is -2.50. The summed E-state index contributed by atoms with van der Waals surface area (Å²) in [6, 6.07) is 3.33. The van der Waals surface area contributed by atoms with Gasteiger partial charge >= 0.3 is 0 Å². The summed E-state index contributed by atoms with van der Waals surface area (Å²) in [5.41, 5.74) is -0.900. The molecule has 1 amide bonds. The lowest BCUT2D eigenvalue weighted by atomic mass is 9.75. The molecule has 2 atom stereocenters. The predicted molar refractivity (Wildman–Crippen MR) is 87.7 cm³/mol. The Morgan fingerprint density at radius 3 is 2.75 bits per heavy atom. The number of amides is 1. The second kappa shape index (κ2) is 6.31. The van der Waals surface area contributed by atoms with Gasteiger partial charge in [-0.2, -0.15) is 0 Å². The molecule has 0 radical (unpaired) electrons. The number of piperidine rings is 1. The van der Waals surface area contributed by atoms with Crippen LogP contribution < -0.4 is 10.6 Å². The third kappa shape index (κ3) is 3.11. The van der Waals surface area contributed by atoms with E-state index in [0.29, 0.717) is 12.1 Å². The van der Waals surface area contributed by atoms with E-state index in [1.807, 2.05) is 0 Å². The Kier molecular flexibility index (Phi) is 4.50. The number of Topliss-reactive ketones (excluding diaryl/α,β-unsaturated/α-hetero) is 1. The normalized spacial score (nSPS) is 29.4. The molecule has 7 nitrogen and oxygen atoms in total. The third-order valence-electron chi connectivity index (χ3n) is 5.27. The number of nitrogens with zero attached hydrogens (tertiary/aromatic N) is 1. The molecule has 2 fully saturated rings. The number of aromatic nitrogens is 1. The van der Waals surface area contributed by atoms with Gasteiger partial charge in [0, 0.05) is 19.7 Å². The van der Waals surface area contributed by atoms with Crippen LogP contribution in [0.5, 0.6) is 0 Å². The summed E-state index contributed by atoms with van der Waals surface area (Å²) in [6.07, 6.45) is 3.03. The lowest BCUT2D eigenvalue weighted by molar-refractivity contribution is -0.173. The second-order valence-electron chi connectivity index (χ2n) is 7.14. The molecule has 0 aromatic carbocycles. The highest BCUT2D eigenvalue weighted by molar-refractivity contribution is 6.42. The Bertz CT molecular complexity index is 636. The van der Waals surface area contributed by atoms with Crippen LogP contribution in [0.4, 0.5) is 0 Å². The number of rotatable bonds is 3. The smallest absolute Gasteiger partial charge is 0.294 e. The minimum Gasteiger partial charge on any atom is -0.388 e. The molecule has 7 heteroatoms. The number of aliphatic hydroxyl groups is 1. The number of aliphatic hydroxyl groups excluding tert-OH is 1. The van der Waals surface area contributed by atoms with E-state index >= 15 is 0 Å². The zero-order valence-electron chi connectivity index (χ0n) is 14.2. The summed E-state index contributed by atoms with van der Waals surface area (Å²) in [6.45, 7) is 3.65. The highest BCUT2D eigenvalue weighted by Crippen LogP contribution is 2.38. The van der Waals surface area contributed by atoms with Gasteiger partial charge in [0.25, 0.3) is 11.7 Å². The van der Waals surface area contributed by atoms with Gasteiger partial charge in [-0.25, -0.2) is 0 Å². The number of carbonyl (C=O) groups excluding carboxylic acids is 2. The lowest BCUT2D eigenvalue weighted by Crippen LogP contribution is -2.66. The van der Waals surface area contributed by atoms with Crippen molar-refractivity contribution in [1.29, 1.82) is 0 Å². The van der Waals surface area contributed by atoms with E-state index in [0.717, 1.165) is 25.9 Å². The van der Waals surface area contributed by atoms with E-state index in [2.05, 4.69) is 10.6 Å². The fourth-order valence-electron chi connectivity index (χ4n) is 3.74. The summed E-state index contributed by atoms with van der Waals surface area (Å²) < 4.78 is 7.53. The maximum absolute atomic E-state index is 12.4. The Labute approximate surface area is 141 Å². The minimum absolute atomic E-state index is 0.162. The fourth-order valence-corrected chi connectivity index (χ4v) is 3.74. The first kappa shape index (κ1) is 17.1. The van der Waals surface area contributed by atoms with Gasteiger partial charge in [-0.1, -0.05) is 0 Å². The third-order valence-corrected chi connectivity index (χ3v) is 5.27. The van der Waals surface area contributed by atoms with Gasteiger partial charge in [0.05, 0.1) is 23.4 Å². The molecule has 3 rings (SSSR count). The average Bonchev–Trinajstić information content (AvgIpc) is 2.97. The Morgan fingerprint density at radius 2 is 2.12 bits per heavy atom. The van der Waals surface area contributed by atoms with Crippen LogP contribution >= 0.6 is 0 Å². The summed E-state index contributed by atoms with van der Waals surface area (Å²) in [5.74, 6) is -1.29. The van der Waals surface area contributed by atoms with E-state index < -0.39 is 23.3 Å². The van der Waals surface area contributed by atoms with Gasteiger partial charge in [0.15, 0.2) is 0 Å². The molecular weight excluding hydrogens is 310 g/mol. The molecule has 2 aliphatic heterocycles. The molecular formula is C17H25N3O4. The molecule has 24 heavy (non-hydrogen) atoms. The van der Waals surface area contributed by atoms with Crippen molar-refractivity contribution in [2.24, 2.45) is 7.05 Å². The molecule has 132 valence electrons. The molecule has 3 N–H and O–H groups in total. The summed E-state index contributed by atoms with van der Waals surface area (Å²) in [7, 11) is 1.72. The largest absolute Gasteiger partial charge is 0.388 e. The van der Waals surface area contributed by atoms with Crippen molar-refractivity contribution in [2.45, 2.75) is 43.4 Å². The molecule has 3 heterocycles. The quantitative estimate of drug-likeness (QED) is 0.534. The van der Waals surface area contributed by atoms with Crippen molar-refractivity contribution >= 4 is 11.7 Å². The average molecular weight is 335 g/mol. The van der Waals surface area contributed by atoms with Crippen molar-refractivity contribution in [3.8, 4) is 0 Å². The molecule has 1 aromatic heterocycles. The fraction of sp³-hybridized carbons (Fsp3) is 0.647. The molecule has 0 aliphatic carbocycles. The van der Waals surface area contributed by atoms with E-state index in [1.165, 1.54) is 0 Å². The van der Waals surface area contributed by atoms with Crippen LogP contribution in [0.15, 0.2) is 18.3 Å². The van der Waals surface area contributed by atoms with Crippen molar-refractivity contribution < 1.29 is 19.4 Å². The first-order chi connectivity index (χ1) is 11.4. The van der Waals surface area contributed by atoms with Crippen molar-refractivity contribution in [1.82, 2.24) is 15.2 Å². The van der Waals surface area contributed by atoms with Gasteiger partial charge in [-0.15, -0.1) is 0 Å². The standard InChI is InChI=1S/C17H25N3O4/c1-16(19-15(23)14(22)12-4-3-9-20(12)2)11-17(24-10-13(16)21)5-7-18-8-6-17/h3-4,9,13,18,21H,5-8,10-11H2,1-2H3,(H,19,23)/t13-,16-/m0/s1. The highest BCUT2D eigenvalue weighted by atomic mass is 16.5. The Hall–Kier alpha value is -1.70. The Morgan fingerprint density at radius 1 is 1.42 bits per heavy atom. The number of aryl methyl sites for hydroxylation is 1. The minimum atomic E-state index is -0.881. The molecule has 1 spiro atoms. The van der Waals surface area contributed by atoms with Crippen LogP contribution in [0.2, 0.25) is 0 Å². The van der Waals surface area contributed by atoms with Gasteiger partial charge in [-0.05, 0) is 45.0 Å². The molecule has 0 saturated carbocycles. The SMILES string of the molecule is Cn1cccc1C(=O)C(=O)N[C@@]1(C)CC2(CCNCC2)OC[C@@H]1O. The number of carbonyl (C=O) groups is 2. The van der Waals surface area contributed by atoms with Crippen molar-refractivity contribution in [3.05, 3.63) is 24.0 Å². The first-order valence-corrected chi connectivity index (χ1v) is 8.36. The molecule has 2 saturated heterocycles. The van der Waals surface area contributed by atoms with Crippen LogP contribution in [0, 0.1) is 0 Å². The summed E-state index contributed by atoms with van der Waals surface area (Å²) in [4.78, 5) is 24.8. The zero-order chi connectivity index (χ0) is 17.4. The summed E-state index contributed by atoms with van der Waals surface area (Å²) in [5, 5.41) is 16.5. The van der Waals surface area contributed by atoms with Gasteiger partial charge in [0.1, 0.15) is 6.10 Å². The van der Waals surface area contributed by atoms with E-state index in [9.17, 15) is 14.7 Å². The van der Waals surface area contributed by atoms with Gasteiger partial charge < -0.3 is 25.0 Å². The van der Waals surface area contributed by atoms with Crippen LogP contribution in [-0.4, -0.2) is 58.3 Å². The van der Waals surface area contributed by atoms with E-state index in [1.54, 1.807) is 36.9 Å². The number of hydrogen-bond acceptors (Lipinski definition) is 5. The van der Waals surface area contributed by atoms with Gasteiger partial charge in [-0.3, -0.25) is 9.59 Å². The van der Waals surface area contributed by atoms with Gasteiger partial charge in [0.2, 0.25) is 0 Å². The molecule has 0 bridgehead atoms. The van der Waals surface area contributed by atoms with Crippen molar-refractivity contribution in [3.63, 3.8) is 0 Å². The van der Waals surface area contributed by atoms with Crippen LogP contribution in [0.25, 0.3) is 0 Å². The zero-order valence-corrected chi connectivity index (χ0v) is 14.2. The summed E-state index contributed by atoms with van der Waals surface area (Å²) >= 11 is 0. The van der Waals surface area contributed by atoms with E-state index in [-0.39, 0.29) is 12.2 Å².